The van der Waals surface area contributed by atoms with Gasteiger partial charge in [0.25, 0.3) is 0 Å². The number of carbonyl (C=O) groups excluding carboxylic acids is 1. The molecular weight excluding hydrogens is 408 g/mol. The SMILES string of the molecule is CC(C)c1ccc(NC(=O)C2CCN(S(=O)(=O)Cc3ccccc3Cl)CC2)cc1. The second-order valence-corrected chi connectivity index (χ2v) is 10.2. The Hall–Kier alpha value is -1.89. The first kappa shape index (κ1) is 21.8. The summed E-state index contributed by atoms with van der Waals surface area (Å²) in [4.78, 5) is 12.6. The number of sulfonamides is 1. The van der Waals surface area contributed by atoms with Gasteiger partial charge in [-0.25, -0.2) is 12.7 Å². The molecule has 1 fully saturated rings. The molecule has 2 aromatic carbocycles. The number of benzene rings is 2. The first-order valence-electron chi connectivity index (χ1n) is 9.88. The Morgan fingerprint density at radius 1 is 1.10 bits per heavy atom. The molecule has 1 aliphatic heterocycles. The van der Waals surface area contributed by atoms with Gasteiger partial charge in [-0.2, -0.15) is 0 Å². The molecule has 7 heteroatoms. The molecule has 0 atom stereocenters. The Bertz CT molecular complexity index is 950. The van der Waals surface area contributed by atoms with Crippen LogP contribution in [0, 0.1) is 5.92 Å². The van der Waals surface area contributed by atoms with Crippen molar-refractivity contribution in [1.82, 2.24) is 4.31 Å². The van der Waals surface area contributed by atoms with E-state index in [4.69, 9.17) is 11.6 Å². The lowest BCUT2D eigenvalue weighted by atomic mass is 9.97. The highest BCUT2D eigenvalue weighted by Gasteiger charge is 2.31. The van der Waals surface area contributed by atoms with Crippen LogP contribution in [0.25, 0.3) is 0 Å². The van der Waals surface area contributed by atoms with E-state index in [9.17, 15) is 13.2 Å². The maximum Gasteiger partial charge on any atom is 0.227 e. The van der Waals surface area contributed by atoms with E-state index in [1.165, 1.54) is 9.87 Å². The number of halogens is 1. The van der Waals surface area contributed by atoms with E-state index >= 15 is 0 Å². The average molecular weight is 435 g/mol. The van der Waals surface area contributed by atoms with Crippen molar-refractivity contribution in [3.05, 3.63) is 64.7 Å². The summed E-state index contributed by atoms with van der Waals surface area (Å²) in [6, 6.07) is 14.8. The van der Waals surface area contributed by atoms with E-state index in [1.54, 1.807) is 24.3 Å². The minimum Gasteiger partial charge on any atom is -0.326 e. The lowest BCUT2D eigenvalue weighted by Gasteiger charge is -2.30. The Balaban J connectivity index is 1.55. The number of amides is 1. The van der Waals surface area contributed by atoms with Crippen molar-refractivity contribution in [1.29, 1.82) is 0 Å². The zero-order valence-corrected chi connectivity index (χ0v) is 18.3. The molecule has 1 N–H and O–H groups in total. The van der Waals surface area contributed by atoms with Crippen molar-refractivity contribution in [2.24, 2.45) is 5.92 Å². The van der Waals surface area contributed by atoms with Crippen molar-refractivity contribution < 1.29 is 13.2 Å². The topological polar surface area (TPSA) is 66.5 Å². The molecule has 1 heterocycles. The summed E-state index contributed by atoms with van der Waals surface area (Å²) in [5, 5.41) is 3.41. The molecule has 1 aliphatic rings. The van der Waals surface area contributed by atoms with Gasteiger partial charge in [0.1, 0.15) is 0 Å². The fraction of sp³-hybridized carbons (Fsp3) is 0.409. The van der Waals surface area contributed by atoms with Gasteiger partial charge in [-0.05, 0) is 48.1 Å². The van der Waals surface area contributed by atoms with Crippen LogP contribution in [0.1, 0.15) is 43.7 Å². The van der Waals surface area contributed by atoms with Crippen LogP contribution in [0.2, 0.25) is 5.02 Å². The molecule has 0 saturated carbocycles. The molecule has 3 rings (SSSR count). The molecule has 1 amide bonds. The first-order chi connectivity index (χ1) is 13.8. The summed E-state index contributed by atoms with van der Waals surface area (Å²) >= 11 is 6.10. The normalized spacial score (nSPS) is 16.1. The molecule has 156 valence electrons. The van der Waals surface area contributed by atoms with Crippen LogP contribution >= 0.6 is 11.6 Å². The van der Waals surface area contributed by atoms with Gasteiger partial charge >= 0.3 is 0 Å². The van der Waals surface area contributed by atoms with Crippen molar-refractivity contribution >= 4 is 33.2 Å². The van der Waals surface area contributed by atoms with Crippen LogP contribution in [0.5, 0.6) is 0 Å². The Morgan fingerprint density at radius 2 is 1.72 bits per heavy atom. The average Bonchev–Trinajstić information content (AvgIpc) is 2.70. The van der Waals surface area contributed by atoms with Gasteiger partial charge in [-0.3, -0.25) is 4.79 Å². The molecule has 5 nitrogen and oxygen atoms in total. The largest absolute Gasteiger partial charge is 0.326 e. The van der Waals surface area contributed by atoms with E-state index in [1.807, 2.05) is 24.3 Å². The first-order valence-corrected chi connectivity index (χ1v) is 11.9. The van der Waals surface area contributed by atoms with Crippen LogP contribution in [-0.2, 0) is 20.6 Å². The van der Waals surface area contributed by atoms with Crippen LogP contribution in [0.3, 0.4) is 0 Å². The molecule has 0 spiro atoms. The molecule has 0 bridgehead atoms. The van der Waals surface area contributed by atoms with E-state index in [-0.39, 0.29) is 17.6 Å². The molecular formula is C22H27ClN2O3S. The van der Waals surface area contributed by atoms with Crippen LogP contribution in [0.15, 0.2) is 48.5 Å². The number of nitrogens with one attached hydrogen (secondary N) is 1. The van der Waals surface area contributed by atoms with Crippen molar-refractivity contribution in [3.63, 3.8) is 0 Å². The molecule has 2 aromatic rings. The highest BCUT2D eigenvalue weighted by Crippen LogP contribution is 2.25. The second-order valence-electron chi connectivity index (χ2n) is 7.79. The van der Waals surface area contributed by atoms with E-state index in [2.05, 4.69) is 19.2 Å². The molecule has 0 aromatic heterocycles. The van der Waals surface area contributed by atoms with E-state index in [0.717, 1.165) is 5.69 Å². The minimum atomic E-state index is -3.46. The number of rotatable bonds is 6. The standard InChI is InChI=1S/C22H27ClN2O3S/c1-16(2)17-7-9-20(10-8-17)24-22(26)18-11-13-25(14-12-18)29(27,28)15-19-5-3-4-6-21(19)23/h3-10,16,18H,11-15H2,1-2H3,(H,24,26). The zero-order valence-electron chi connectivity index (χ0n) is 16.8. The lowest BCUT2D eigenvalue weighted by molar-refractivity contribution is -0.120. The maximum atomic E-state index is 12.7. The van der Waals surface area contributed by atoms with Gasteiger partial charge in [-0.15, -0.1) is 0 Å². The second kappa shape index (κ2) is 9.28. The number of piperidine rings is 1. The van der Waals surface area contributed by atoms with Gasteiger partial charge in [0.2, 0.25) is 15.9 Å². The van der Waals surface area contributed by atoms with Gasteiger partial charge in [0.15, 0.2) is 0 Å². The summed E-state index contributed by atoms with van der Waals surface area (Å²) in [5.74, 6) is 0.0833. The summed E-state index contributed by atoms with van der Waals surface area (Å²) in [6.07, 6.45) is 1.02. The molecule has 29 heavy (non-hydrogen) atoms. The fourth-order valence-electron chi connectivity index (χ4n) is 3.50. The lowest BCUT2D eigenvalue weighted by Crippen LogP contribution is -2.41. The maximum absolute atomic E-state index is 12.7. The number of hydrogen-bond donors (Lipinski definition) is 1. The van der Waals surface area contributed by atoms with E-state index in [0.29, 0.717) is 42.4 Å². The summed E-state index contributed by atoms with van der Waals surface area (Å²) in [6.45, 7) is 4.94. The highest BCUT2D eigenvalue weighted by atomic mass is 35.5. The molecule has 0 aliphatic carbocycles. The summed E-state index contributed by atoms with van der Waals surface area (Å²) in [5.41, 5.74) is 2.59. The van der Waals surface area contributed by atoms with Crippen molar-refractivity contribution in [3.8, 4) is 0 Å². The minimum absolute atomic E-state index is 0.0505. The van der Waals surface area contributed by atoms with Gasteiger partial charge in [0.05, 0.1) is 5.75 Å². The molecule has 0 unspecified atom stereocenters. The Labute approximate surface area is 178 Å². The number of hydrogen-bond acceptors (Lipinski definition) is 3. The Morgan fingerprint density at radius 3 is 2.31 bits per heavy atom. The number of nitrogens with zero attached hydrogens (tertiary/aromatic N) is 1. The zero-order chi connectivity index (χ0) is 21.0. The predicted octanol–water partition coefficient (Wildman–Crippen LogP) is 4.64. The molecule has 1 saturated heterocycles. The van der Waals surface area contributed by atoms with Crippen LogP contribution in [0.4, 0.5) is 5.69 Å². The number of carbonyl (C=O) groups is 1. The van der Waals surface area contributed by atoms with Crippen molar-refractivity contribution in [2.75, 3.05) is 18.4 Å². The predicted molar refractivity (Wildman–Crippen MR) is 118 cm³/mol. The highest BCUT2D eigenvalue weighted by molar-refractivity contribution is 7.88. The van der Waals surface area contributed by atoms with Gasteiger partial charge in [-0.1, -0.05) is 55.8 Å². The van der Waals surface area contributed by atoms with Gasteiger partial charge < -0.3 is 5.32 Å². The fourth-order valence-corrected chi connectivity index (χ4v) is 5.37. The third kappa shape index (κ3) is 5.59. The van der Waals surface area contributed by atoms with Crippen molar-refractivity contribution in [2.45, 2.75) is 38.4 Å². The summed E-state index contributed by atoms with van der Waals surface area (Å²) < 4.78 is 26.9. The van der Waals surface area contributed by atoms with Crippen LogP contribution in [-0.4, -0.2) is 31.7 Å². The Kier molecular flexibility index (Phi) is 6.98. The molecule has 0 radical (unpaired) electrons. The number of anilines is 1. The van der Waals surface area contributed by atoms with Crippen LogP contribution < -0.4 is 5.32 Å². The quantitative estimate of drug-likeness (QED) is 0.719. The summed E-state index contributed by atoms with van der Waals surface area (Å²) in [7, 11) is -3.46. The monoisotopic (exact) mass is 434 g/mol. The van der Waals surface area contributed by atoms with E-state index < -0.39 is 10.0 Å². The smallest absolute Gasteiger partial charge is 0.227 e. The third-order valence-electron chi connectivity index (χ3n) is 5.36. The van der Waals surface area contributed by atoms with Gasteiger partial charge in [0, 0.05) is 29.7 Å². The third-order valence-corrected chi connectivity index (χ3v) is 7.56.